The zero-order chi connectivity index (χ0) is 15.5. The van der Waals surface area contributed by atoms with Crippen LogP contribution >= 0.6 is 23.6 Å². The van der Waals surface area contributed by atoms with Gasteiger partial charge in [-0.15, -0.1) is 5.10 Å². The van der Waals surface area contributed by atoms with Crippen LogP contribution in [0.2, 0.25) is 0 Å². The van der Waals surface area contributed by atoms with E-state index in [1.807, 2.05) is 4.68 Å². The van der Waals surface area contributed by atoms with Crippen molar-refractivity contribution in [2.75, 3.05) is 18.4 Å². The molecule has 1 N–H and O–H groups in total. The van der Waals surface area contributed by atoms with Crippen molar-refractivity contribution < 1.29 is 0 Å². The van der Waals surface area contributed by atoms with Gasteiger partial charge in [0.25, 0.3) is 0 Å². The topological polar surface area (TPSA) is 33.1 Å². The first-order valence-electron chi connectivity index (χ1n) is 7.76. The Hall–Kier alpha value is -1.24. The van der Waals surface area contributed by atoms with E-state index < -0.39 is 0 Å². The molecule has 6 heteroatoms. The molecule has 0 atom stereocenters. The lowest BCUT2D eigenvalue weighted by atomic mass is 10.1. The van der Waals surface area contributed by atoms with Crippen molar-refractivity contribution >= 4 is 34.4 Å². The number of piperidine rings is 1. The third-order valence-electron chi connectivity index (χ3n) is 4.01. The van der Waals surface area contributed by atoms with Gasteiger partial charge in [-0.25, -0.2) is 4.68 Å². The molecule has 4 nitrogen and oxygen atoms in total. The van der Waals surface area contributed by atoms with Gasteiger partial charge >= 0.3 is 0 Å². The van der Waals surface area contributed by atoms with Gasteiger partial charge in [0.15, 0.2) is 3.95 Å². The van der Waals surface area contributed by atoms with E-state index >= 15 is 0 Å². The van der Waals surface area contributed by atoms with E-state index in [0.717, 1.165) is 34.5 Å². The normalized spacial score (nSPS) is 15.9. The predicted molar refractivity (Wildman–Crippen MR) is 95.6 cm³/mol. The van der Waals surface area contributed by atoms with Gasteiger partial charge in [0, 0.05) is 5.69 Å². The van der Waals surface area contributed by atoms with E-state index in [1.54, 1.807) is 0 Å². The summed E-state index contributed by atoms with van der Waals surface area (Å²) in [5, 5.41) is 8.91. The van der Waals surface area contributed by atoms with Crippen LogP contribution in [0, 0.1) is 17.8 Å². The minimum Gasteiger partial charge on any atom is -0.330 e. The molecular weight excluding hydrogens is 312 g/mol. The minimum absolute atomic E-state index is 0.809. The summed E-state index contributed by atoms with van der Waals surface area (Å²) in [5.74, 6) is 0. The molecular formula is C16H22N4S2. The number of rotatable bonds is 4. The molecule has 0 aliphatic carbocycles. The van der Waals surface area contributed by atoms with Crippen LogP contribution in [0.1, 0.15) is 30.4 Å². The van der Waals surface area contributed by atoms with Crippen LogP contribution in [0.3, 0.4) is 0 Å². The standard InChI is InChI=1S/C16H22N4S2/c1-12-6-7-14(13(2)10-12)17-15-18-20(16(21)22-15)11-19-8-4-3-5-9-19/h6-7,10H,3-5,8-9,11H2,1-2H3,(H,17,18). The van der Waals surface area contributed by atoms with E-state index in [2.05, 4.69) is 47.4 Å². The summed E-state index contributed by atoms with van der Waals surface area (Å²) in [6.07, 6.45) is 3.91. The molecule has 22 heavy (non-hydrogen) atoms. The maximum atomic E-state index is 5.46. The molecule has 2 heterocycles. The highest BCUT2D eigenvalue weighted by Crippen LogP contribution is 2.24. The first-order valence-corrected chi connectivity index (χ1v) is 8.99. The molecule has 1 aromatic carbocycles. The van der Waals surface area contributed by atoms with E-state index in [-0.39, 0.29) is 0 Å². The Kier molecular flexibility index (Phi) is 4.90. The average Bonchev–Trinajstić information content (AvgIpc) is 2.83. The molecule has 3 rings (SSSR count). The van der Waals surface area contributed by atoms with Crippen LogP contribution in [0.4, 0.5) is 10.8 Å². The Balaban J connectivity index is 1.72. The molecule has 2 aromatic rings. The zero-order valence-electron chi connectivity index (χ0n) is 13.1. The van der Waals surface area contributed by atoms with Crippen LogP contribution in [0.5, 0.6) is 0 Å². The lowest BCUT2D eigenvalue weighted by Crippen LogP contribution is -2.32. The monoisotopic (exact) mass is 334 g/mol. The molecule has 1 aliphatic rings. The highest BCUT2D eigenvalue weighted by molar-refractivity contribution is 7.73. The Morgan fingerprint density at radius 3 is 2.73 bits per heavy atom. The molecule has 1 saturated heterocycles. The molecule has 118 valence electrons. The second kappa shape index (κ2) is 6.89. The summed E-state index contributed by atoms with van der Waals surface area (Å²) in [6.45, 7) is 7.33. The van der Waals surface area contributed by atoms with Gasteiger partial charge in [-0.1, -0.05) is 35.5 Å². The molecule has 1 fully saturated rings. The number of nitrogens with one attached hydrogen (secondary N) is 1. The summed E-state index contributed by atoms with van der Waals surface area (Å²) in [6, 6.07) is 6.38. The molecule has 1 aromatic heterocycles. The summed E-state index contributed by atoms with van der Waals surface area (Å²) in [7, 11) is 0. The third kappa shape index (κ3) is 3.74. The summed E-state index contributed by atoms with van der Waals surface area (Å²) in [4.78, 5) is 2.43. The predicted octanol–water partition coefficient (Wildman–Crippen LogP) is 4.48. The van der Waals surface area contributed by atoms with E-state index in [9.17, 15) is 0 Å². The summed E-state index contributed by atoms with van der Waals surface area (Å²) in [5.41, 5.74) is 3.59. The molecule has 0 bridgehead atoms. The number of hydrogen-bond donors (Lipinski definition) is 1. The van der Waals surface area contributed by atoms with Crippen LogP contribution in [0.25, 0.3) is 0 Å². The SMILES string of the molecule is Cc1ccc(Nc2nn(CN3CCCCC3)c(=S)s2)c(C)c1. The molecule has 0 unspecified atom stereocenters. The third-order valence-corrected chi connectivity index (χ3v) is 5.24. The smallest absolute Gasteiger partial charge is 0.209 e. The quantitative estimate of drug-likeness (QED) is 0.836. The fourth-order valence-corrected chi connectivity index (χ4v) is 3.81. The minimum atomic E-state index is 0.809. The van der Waals surface area contributed by atoms with Crippen molar-refractivity contribution in [3.05, 3.63) is 33.3 Å². The Bertz CT molecular complexity index is 698. The largest absolute Gasteiger partial charge is 0.330 e. The van der Waals surface area contributed by atoms with Crippen LogP contribution in [0.15, 0.2) is 18.2 Å². The van der Waals surface area contributed by atoms with Gasteiger partial charge in [-0.2, -0.15) is 0 Å². The molecule has 1 aliphatic heterocycles. The number of benzene rings is 1. The maximum absolute atomic E-state index is 5.46. The zero-order valence-corrected chi connectivity index (χ0v) is 14.8. The van der Waals surface area contributed by atoms with E-state index in [1.165, 1.54) is 41.7 Å². The Morgan fingerprint density at radius 1 is 1.23 bits per heavy atom. The molecule has 0 spiro atoms. The van der Waals surface area contributed by atoms with E-state index in [4.69, 9.17) is 12.2 Å². The van der Waals surface area contributed by atoms with Gasteiger partial charge in [0.1, 0.15) is 0 Å². The van der Waals surface area contributed by atoms with Crippen molar-refractivity contribution in [1.82, 2.24) is 14.7 Å². The number of hydrogen-bond acceptors (Lipinski definition) is 5. The first-order chi connectivity index (χ1) is 10.6. The number of aromatic nitrogens is 2. The van der Waals surface area contributed by atoms with Crippen molar-refractivity contribution in [1.29, 1.82) is 0 Å². The maximum Gasteiger partial charge on any atom is 0.209 e. The van der Waals surface area contributed by atoms with Crippen molar-refractivity contribution in [3.8, 4) is 0 Å². The Morgan fingerprint density at radius 2 is 2.00 bits per heavy atom. The van der Waals surface area contributed by atoms with Crippen molar-refractivity contribution in [2.24, 2.45) is 0 Å². The van der Waals surface area contributed by atoms with Gasteiger partial charge < -0.3 is 5.32 Å². The second-order valence-corrected chi connectivity index (χ2v) is 7.56. The number of nitrogens with zero attached hydrogens (tertiary/aromatic N) is 3. The first kappa shape index (κ1) is 15.6. The molecule has 0 radical (unpaired) electrons. The van der Waals surface area contributed by atoms with E-state index in [0.29, 0.717) is 0 Å². The van der Waals surface area contributed by atoms with Crippen molar-refractivity contribution in [2.45, 2.75) is 39.8 Å². The number of likely N-dealkylation sites (tertiary alicyclic amines) is 1. The van der Waals surface area contributed by atoms with Gasteiger partial charge in [-0.05, 0) is 63.6 Å². The molecule has 0 saturated carbocycles. The lowest BCUT2D eigenvalue weighted by molar-refractivity contribution is 0.173. The lowest BCUT2D eigenvalue weighted by Gasteiger charge is -2.25. The van der Waals surface area contributed by atoms with Crippen LogP contribution in [-0.4, -0.2) is 27.8 Å². The van der Waals surface area contributed by atoms with Crippen molar-refractivity contribution in [3.63, 3.8) is 0 Å². The molecule has 0 amide bonds. The van der Waals surface area contributed by atoms with Crippen LogP contribution < -0.4 is 5.32 Å². The fourth-order valence-electron chi connectivity index (χ4n) is 2.81. The highest BCUT2D eigenvalue weighted by atomic mass is 32.1. The summed E-state index contributed by atoms with van der Waals surface area (Å²) < 4.78 is 2.77. The van der Waals surface area contributed by atoms with Crippen LogP contribution in [-0.2, 0) is 6.67 Å². The fraction of sp³-hybridized carbons (Fsp3) is 0.500. The number of anilines is 2. The second-order valence-electron chi connectivity index (χ2n) is 5.94. The van der Waals surface area contributed by atoms with Gasteiger partial charge in [0.2, 0.25) is 5.13 Å². The number of aryl methyl sites for hydroxylation is 2. The van der Waals surface area contributed by atoms with Gasteiger partial charge in [0.05, 0.1) is 6.67 Å². The van der Waals surface area contributed by atoms with Gasteiger partial charge in [-0.3, -0.25) is 4.90 Å². The highest BCUT2D eigenvalue weighted by Gasteiger charge is 2.13. The summed E-state index contributed by atoms with van der Waals surface area (Å²) >= 11 is 7.00. The Labute approximate surface area is 140 Å². The average molecular weight is 335 g/mol.